The molecule has 1 aromatic carbocycles. The number of alkyl halides is 3. The van der Waals surface area contributed by atoms with Gasteiger partial charge in [0.2, 0.25) is 0 Å². The largest absolute Gasteiger partial charge is 0.416 e. The van der Waals surface area contributed by atoms with Crippen molar-refractivity contribution in [1.82, 2.24) is 19.9 Å². The van der Waals surface area contributed by atoms with Gasteiger partial charge in [-0.1, -0.05) is 23.7 Å². The fourth-order valence-corrected chi connectivity index (χ4v) is 5.33. The Bertz CT molecular complexity index is 1390. The molecule has 0 spiro atoms. The van der Waals surface area contributed by atoms with E-state index >= 15 is 0 Å². The number of hydrogen-bond donors (Lipinski definition) is 2. The molecule has 1 unspecified atom stereocenters. The van der Waals surface area contributed by atoms with Crippen molar-refractivity contribution in [3.05, 3.63) is 85.7 Å². The van der Waals surface area contributed by atoms with E-state index in [2.05, 4.69) is 15.3 Å². The first kappa shape index (κ1) is 23.7. The number of H-pyrrole nitrogens is 1. The number of nitrogens with zero attached hydrogens (tertiary/aromatic N) is 2. The van der Waals surface area contributed by atoms with E-state index in [4.69, 9.17) is 11.6 Å². The van der Waals surface area contributed by atoms with Crippen LogP contribution in [0.25, 0.3) is 11.1 Å². The maximum absolute atomic E-state index is 13.6. The third-order valence-corrected chi connectivity index (χ3v) is 7.22. The van der Waals surface area contributed by atoms with Crippen molar-refractivity contribution < 1.29 is 17.6 Å². The minimum absolute atomic E-state index is 0.0445. The van der Waals surface area contributed by atoms with E-state index in [0.29, 0.717) is 18.9 Å². The van der Waals surface area contributed by atoms with E-state index < -0.39 is 28.8 Å². The van der Waals surface area contributed by atoms with E-state index in [1.165, 1.54) is 10.8 Å². The van der Waals surface area contributed by atoms with Gasteiger partial charge in [0.25, 0.3) is 5.56 Å². The zero-order valence-corrected chi connectivity index (χ0v) is 19.1. The van der Waals surface area contributed by atoms with Crippen LogP contribution < -0.4 is 16.6 Å². The molecule has 1 saturated carbocycles. The van der Waals surface area contributed by atoms with Crippen LogP contribution in [0.5, 0.6) is 0 Å². The van der Waals surface area contributed by atoms with Gasteiger partial charge in [0, 0.05) is 29.9 Å². The van der Waals surface area contributed by atoms with Crippen LogP contribution in [0.3, 0.4) is 0 Å². The Labute approximate surface area is 202 Å². The summed E-state index contributed by atoms with van der Waals surface area (Å²) in [7, 11) is 0. The van der Waals surface area contributed by atoms with Crippen LogP contribution >= 0.6 is 11.6 Å². The van der Waals surface area contributed by atoms with Gasteiger partial charge in [0.15, 0.2) is 0 Å². The molecule has 0 amide bonds. The third-order valence-electron chi connectivity index (χ3n) is 6.92. The van der Waals surface area contributed by atoms with Crippen LogP contribution in [0.15, 0.2) is 52.3 Å². The molecule has 2 aromatic heterocycles. The summed E-state index contributed by atoms with van der Waals surface area (Å²) >= 11 is 6.02. The van der Waals surface area contributed by atoms with Crippen molar-refractivity contribution in [1.29, 1.82) is 0 Å². The molecule has 3 atom stereocenters. The number of aryl methyl sites for hydroxylation is 1. The van der Waals surface area contributed by atoms with Gasteiger partial charge in [-0.25, -0.2) is 14.2 Å². The zero-order valence-electron chi connectivity index (χ0n) is 18.3. The Morgan fingerprint density at radius 1 is 1.17 bits per heavy atom. The molecule has 0 bridgehead atoms. The van der Waals surface area contributed by atoms with Crippen molar-refractivity contribution >= 4 is 11.6 Å². The first-order chi connectivity index (χ1) is 16.6. The molecule has 0 radical (unpaired) electrons. The molecule has 184 valence electrons. The van der Waals surface area contributed by atoms with Crippen molar-refractivity contribution in [3.63, 3.8) is 0 Å². The van der Waals surface area contributed by atoms with Gasteiger partial charge in [0.05, 0.1) is 17.3 Å². The maximum Gasteiger partial charge on any atom is 0.416 e. The first-order valence-electron chi connectivity index (χ1n) is 11.2. The average molecular weight is 509 g/mol. The van der Waals surface area contributed by atoms with Crippen molar-refractivity contribution in [2.75, 3.05) is 0 Å². The summed E-state index contributed by atoms with van der Waals surface area (Å²) in [6.07, 6.45) is 1.08. The predicted molar refractivity (Wildman–Crippen MR) is 122 cm³/mol. The summed E-state index contributed by atoms with van der Waals surface area (Å²) in [5, 5.41) is 3.53. The average Bonchev–Trinajstić information content (AvgIpc) is 3.38. The molecule has 6 nitrogen and oxygen atoms in total. The number of aromatic amines is 1. The Hall–Kier alpha value is -2.98. The smallest absolute Gasteiger partial charge is 0.304 e. The van der Waals surface area contributed by atoms with Crippen LogP contribution in [0.4, 0.5) is 17.6 Å². The van der Waals surface area contributed by atoms with Gasteiger partial charge < -0.3 is 5.32 Å². The summed E-state index contributed by atoms with van der Waals surface area (Å²) < 4.78 is 53.6. The van der Waals surface area contributed by atoms with E-state index in [9.17, 15) is 27.2 Å². The number of pyridine rings is 1. The van der Waals surface area contributed by atoms with Crippen molar-refractivity contribution in [2.45, 2.75) is 50.0 Å². The Morgan fingerprint density at radius 3 is 2.63 bits per heavy atom. The number of aromatic nitrogens is 3. The van der Waals surface area contributed by atoms with Crippen LogP contribution in [-0.2, 0) is 18.3 Å². The number of halogens is 5. The molecule has 1 saturated heterocycles. The minimum atomic E-state index is -4.36. The fraction of sp³-hybridized carbons (Fsp3) is 0.375. The van der Waals surface area contributed by atoms with E-state index in [1.54, 1.807) is 12.1 Å². The molecule has 3 heterocycles. The SMILES string of the molecule is O=c1[nH]c(=O)n(CCCC2C[C@@H]3C[C@]3(c3ccc(C(F)(F)F)cc3)N2)cc1-c1cc(F)cnc1Cl. The second-order valence-electron chi connectivity index (χ2n) is 9.15. The predicted octanol–water partition coefficient (Wildman–Crippen LogP) is 4.47. The second kappa shape index (κ2) is 8.60. The van der Waals surface area contributed by atoms with Gasteiger partial charge in [-0.3, -0.25) is 14.3 Å². The van der Waals surface area contributed by atoms with Crippen molar-refractivity contribution in [2.24, 2.45) is 5.92 Å². The first-order valence-corrected chi connectivity index (χ1v) is 11.6. The standard InChI is InChI=1S/C24H21ClF4N4O2/c25-20-18(9-16(26)11-30-20)19-12-33(22(35)31-21(19)34)7-1-2-17-8-15-10-23(15,32-17)13-3-5-14(6-4-13)24(27,28)29/h3-6,9,11-12,15,17,32H,1-2,7-8,10H2,(H,31,34,35)/t15-,17?,23-/m1/s1. The molecule has 11 heteroatoms. The highest BCUT2D eigenvalue weighted by molar-refractivity contribution is 6.32. The van der Waals surface area contributed by atoms with Gasteiger partial charge >= 0.3 is 11.9 Å². The van der Waals surface area contributed by atoms with Crippen LogP contribution in [0.1, 0.15) is 36.8 Å². The van der Waals surface area contributed by atoms with E-state index in [0.717, 1.165) is 49.2 Å². The van der Waals surface area contributed by atoms with Crippen LogP contribution in [-0.4, -0.2) is 20.6 Å². The van der Waals surface area contributed by atoms with Gasteiger partial charge in [-0.15, -0.1) is 0 Å². The highest BCUT2D eigenvalue weighted by Crippen LogP contribution is 2.59. The van der Waals surface area contributed by atoms with E-state index in [1.807, 2.05) is 0 Å². The summed E-state index contributed by atoms with van der Waals surface area (Å²) in [5.41, 5.74) is -1.21. The lowest BCUT2D eigenvalue weighted by Gasteiger charge is -2.20. The minimum Gasteiger partial charge on any atom is -0.304 e. The molecule has 2 N–H and O–H groups in total. The van der Waals surface area contributed by atoms with Gasteiger partial charge in [0.1, 0.15) is 11.0 Å². The number of hydrogen-bond acceptors (Lipinski definition) is 4. The van der Waals surface area contributed by atoms with Gasteiger partial charge in [-0.2, -0.15) is 13.2 Å². The maximum atomic E-state index is 13.6. The molecule has 1 aliphatic heterocycles. The second-order valence-corrected chi connectivity index (χ2v) is 9.51. The number of nitrogens with one attached hydrogen (secondary N) is 2. The molecular weight excluding hydrogens is 488 g/mol. The lowest BCUT2D eigenvalue weighted by molar-refractivity contribution is -0.137. The number of rotatable bonds is 6. The molecule has 2 fully saturated rings. The highest BCUT2D eigenvalue weighted by Gasteiger charge is 2.60. The molecule has 1 aliphatic carbocycles. The Morgan fingerprint density at radius 2 is 1.91 bits per heavy atom. The van der Waals surface area contributed by atoms with E-state index in [-0.39, 0.29) is 27.9 Å². The van der Waals surface area contributed by atoms with Crippen molar-refractivity contribution in [3.8, 4) is 11.1 Å². The normalized spacial score (nSPS) is 23.3. The summed E-state index contributed by atoms with van der Waals surface area (Å²) in [5.74, 6) is -0.288. The summed E-state index contributed by atoms with van der Waals surface area (Å²) in [6, 6.07) is 6.59. The third kappa shape index (κ3) is 4.52. The monoisotopic (exact) mass is 508 g/mol. The Kier molecular flexibility index (Phi) is 5.83. The molecule has 2 aliphatic rings. The summed E-state index contributed by atoms with van der Waals surface area (Å²) in [4.78, 5) is 30.5. The lowest BCUT2D eigenvalue weighted by atomic mass is 10.0. The van der Waals surface area contributed by atoms with Crippen LogP contribution in [0, 0.1) is 11.7 Å². The molecule has 5 rings (SSSR count). The quantitative estimate of drug-likeness (QED) is 0.380. The number of fused-ring (bicyclic) bond motifs is 1. The summed E-state index contributed by atoms with van der Waals surface area (Å²) in [6.45, 7) is 0.319. The zero-order chi connectivity index (χ0) is 25.0. The van der Waals surface area contributed by atoms with Crippen LogP contribution in [0.2, 0.25) is 5.15 Å². The van der Waals surface area contributed by atoms with Gasteiger partial charge in [-0.05, 0) is 55.4 Å². The number of piperidine rings is 1. The molecular formula is C24H21ClF4N4O2. The molecule has 3 aromatic rings. The molecule has 35 heavy (non-hydrogen) atoms. The topological polar surface area (TPSA) is 79.8 Å². The lowest BCUT2D eigenvalue weighted by Crippen LogP contribution is -2.34. The fourth-order valence-electron chi connectivity index (χ4n) is 5.13. The number of benzene rings is 1. The Balaban J connectivity index is 1.24. The highest BCUT2D eigenvalue weighted by atomic mass is 35.5.